The van der Waals surface area contributed by atoms with Gasteiger partial charge in [-0.1, -0.05) is 6.92 Å². The monoisotopic (exact) mass is 288 g/mol. The molecule has 0 spiro atoms. The molecule has 0 aliphatic carbocycles. The Morgan fingerprint density at radius 2 is 2.00 bits per heavy atom. The third kappa shape index (κ3) is 2.95. The Morgan fingerprint density at radius 1 is 1.19 bits per heavy atom. The van der Waals surface area contributed by atoms with Crippen LogP contribution >= 0.6 is 0 Å². The summed E-state index contributed by atoms with van der Waals surface area (Å²) in [4.78, 5) is 14.1. The van der Waals surface area contributed by atoms with E-state index in [0.717, 1.165) is 50.0 Å². The maximum Gasteiger partial charge on any atom is 0.180 e. The zero-order valence-electron chi connectivity index (χ0n) is 12.9. The van der Waals surface area contributed by atoms with Gasteiger partial charge < -0.3 is 14.6 Å². The maximum atomic E-state index is 4.77. The molecule has 0 unspecified atom stereocenters. The highest BCUT2D eigenvalue weighted by molar-refractivity contribution is 5.67. The fourth-order valence-electron chi connectivity index (χ4n) is 2.89. The van der Waals surface area contributed by atoms with Gasteiger partial charge in [0.15, 0.2) is 11.5 Å². The van der Waals surface area contributed by atoms with Crippen LogP contribution in [0.15, 0.2) is 18.6 Å². The van der Waals surface area contributed by atoms with Crippen molar-refractivity contribution in [1.29, 1.82) is 0 Å². The van der Waals surface area contributed by atoms with Crippen molar-refractivity contribution in [2.75, 3.05) is 49.5 Å². The smallest absolute Gasteiger partial charge is 0.180 e. The van der Waals surface area contributed by atoms with Crippen LogP contribution in [-0.4, -0.2) is 58.5 Å². The summed E-state index contributed by atoms with van der Waals surface area (Å²) >= 11 is 0. The Labute approximate surface area is 125 Å². The molecule has 0 amide bonds. The number of anilines is 2. The molecule has 2 aromatic rings. The SMILES string of the molecule is CCCN1CCN(c2nc(NCC)cn3ccnc23)CC1. The van der Waals surface area contributed by atoms with Crippen LogP contribution in [0.3, 0.4) is 0 Å². The van der Waals surface area contributed by atoms with Gasteiger partial charge >= 0.3 is 0 Å². The fraction of sp³-hybridized carbons (Fsp3) is 0.600. The summed E-state index contributed by atoms with van der Waals surface area (Å²) in [6.07, 6.45) is 7.04. The van der Waals surface area contributed by atoms with Crippen molar-refractivity contribution in [3.8, 4) is 0 Å². The third-order valence-corrected chi connectivity index (χ3v) is 3.93. The van der Waals surface area contributed by atoms with E-state index >= 15 is 0 Å². The zero-order chi connectivity index (χ0) is 14.7. The van der Waals surface area contributed by atoms with Crippen molar-refractivity contribution in [1.82, 2.24) is 19.3 Å². The van der Waals surface area contributed by atoms with Crippen LogP contribution in [0, 0.1) is 0 Å². The van der Waals surface area contributed by atoms with Crippen molar-refractivity contribution in [3.63, 3.8) is 0 Å². The molecule has 0 aromatic carbocycles. The van der Waals surface area contributed by atoms with Crippen LogP contribution in [0.2, 0.25) is 0 Å². The minimum absolute atomic E-state index is 0.872. The normalized spacial score (nSPS) is 16.6. The quantitative estimate of drug-likeness (QED) is 0.907. The van der Waals surface area contributed by atoms with Gasteiger partial charge in [0, 0.05) is 45.1 Å². The van der Waals surface area contributed by atoms with Gasteiger partial charge in [0.1, 0.15) is 5.82 Å². The fourth-order valence-corrected chi connectivity index (χ4v) is 2.89. The van der Waals surface area contributed by atoms with Gasteiger partial charge in [-0.2, -0.15) is 0 Å². The summed E-state index contributed by atoms with van der Waals surface area (Å²) in [6, 6.07) is 0. The highest BCUT2D eigenvalue weighted by atomic mass is 15.3. The van der Waals surface area contributed by atoms with Crippen molar-refractivity contribution >= 4 is 17.3 Å². The van der Waals surface area contributed by atoms with Gasteiger partial charge in [0.2, 0.25) is 0 Å². The van der Waals surface area contributed by atoms with E-state index in [2.05, 4.69) is 38.3 Å². The lowest BCUT2D eigenvalue weighted by atomic mass is 10.3. The summed E-state index contributed by atoms with van der Waals surface area (Å²) in [5.41, 5.74) is 0.945. The Morgan fingerprint density at radius 3 is 2.71 bits per heavy atom. The van der Waals surface area contributed by atoms with E-state index in [0.29, 0.717) is 0 Å². The molecule has 6 heteroatoms. The molecule has 1 saturated heterocycles. The number of aromatic nitrogens is 3. The van der Waals surface area contributed by atoms with Crippen LogP contribution in [-0.2, 0) is 0 Å². The molecule has 1 aliphatic rings. The van der Waals surface area contributed by atoms with E-state index < -0.39 is 0 Å². The molecule has 6 nitrogen and oxygen atoms in total. The highest BCUT2D eigenvalue weighted by Gasteiger charge is 2.20. The Hall–Kier alpha value is -1.82. The number of imidazole rings is 1. The maximum absolute atomic E-state index is 4.77. The second-order valence-electron chi connectivity index (χ2n) is 5.47. The number of nitrogens with zero attached hydrogens (tertiary/aromatic N) is 5. The lowest BCUT2D eigenvalue weighted by Crippen LogP contribution is -2.47. The molecule has 0 bridgehead atoms. The van der Waals surface area contributed by atoms with Crippen LogP contribution in [0.4, 0.5) is 11.6 Å². The van der Waals surface area contributed by atoms with E-state index in [1.165, 1.54) is 13.0 Å². The Bertz CT molecular complexity index is 585. The third-order valence-electron chi connectivity index (χ3n) is 3.93. The van der Waals surface area contributed by atoms with Gasteiger partial charge in [-0.05, 0) is 19.9 Å². The molecule has 3 heterocycles. The standard InChI is InChI=1S/C15H24N6/c1-3-6-19-8-10-20(11-9-19)15-14-17-5-7-21(14)12-13(18-15)16-4-2/h5,7,12,16H,3-4,6,8-11H2,1-2H3. The van der Waals surface area contributed by atoms with E-state index in [9.17, 15) is 0 Å². The molecule has 21 heavy (non-hydrogen) atoms. The molecule has 0 atom stereocenters. The molecule has 2 aromatic heterocycles. The van der Waals surface area contributed by atoms with E-state index in [-0.39, 0.29) is 0 Å². The first kappa shape index (κ1) is 14.1. The molecule has 1 fully saturated rings. The number of nitrogens with one attached hydrogen (secondary N) is 1. The first-order valence-corrected chi connectivity index (χ1v) is 7.86. The lowest BCUT2D eigenvalue weighted by Gasteiger charge is -2.35. The molecule has 1 N–H and O–H groups in total. The van der Waals surface area contributed by atoms with Gasteiger partial charge in [0.05, 0.1) is 6.20 Å². The van der Waals surface area contributed by atoms with E-state index in [1.807, 2.05) is 18.6 Å². The molecule has 0 radical (unpaired) electrons. The molecule has 114 valence electrons. The van der Waals surface area contributed by atoms with Gasteiger partial charge in [0.25, 0.3) is 0 Å². The average molecular weight is 288 g/mol. The largest absolute Gasteiger partial charge is 0.369 e. The number of fused-ring (bicyclic) bond motifs is 1. The molecule has 0 saturated carbocycles. The Balaban J connectivity index is 1.84. The summed E-state index contributed by atoms with van der Waals surface area (Å²) in [6.45, 7) is 10.6. The van der Waals surface area contributed by atoms with Gasteiger partial charge in [-0.25, -0.2) is 9.97 Å². The minimum atomic E-state index is 0.872. The molecule has 1 aliphatic heterocycles. The number of hydrogen-bond acceptors (Lipinski definition) is 5. The Kier molecular flexibility index (Phi) is 4.24. The predicted octanol–water partition coefficient (Wildman–Crippen LogP) is 1.69. The lowest BCUT2D eigenvalue weighted by molar-refractivity contribution is 0.258. The first-order valence-electron chi connectivity index (χ1n) is 7.86. The summed E-state index contributed by atoms with van der Waals surface area (Å²) < 4.78 is 2.05. The average Bonchev–Trinajstić information content (AvgIpc) is 2.96. The first-order chi connectivity index (χ1) is 10.3. The number of rotatable bonds is 5. The molecule has 3 rings (SSSR count). The van der Waals surface area contributed by atoms with Crippen molar-refractivity contribution in [2.24, 2.45) is 0 Å². The second-order valence-corrected chi connectivity index (χ2v) is 5.47. The summed E-state index contributed by atoms with van der Waals surface area (Å²) in [5, 5.41) is 3.30. The molecular formula is C15H24N6. The second kappa shape index (κ2) is 6.30. The molecular weight excluding hydrogens is 264 g/mol. The van der Waals surface area contributed by atoms with Gasteiger partial charge in [-0.3, -0.25) is 4.90 Å². The van der Waals surface area contributed by atoms with Crippen LogP contribution in [0.1, 0.15) is 20.3 Å². The number of hydrogen-bond donors (Lipinski definition) is 1. The van der Waals surface area contributed by atoms with Crippen molar-refractivity contribution < 1.29 is 0 Å². The minimum Gasteiger partial charge on any atom is -0.369 e. The van der Waals surface area contributed by atoms with Crippen LogP contribution in [0.25, 0.3) is 5.65 Å². The summed E-state index contributed by atoms with van der Waals surface area (Å²) in [7, 11) is 0. The van der Waals surface area contributed by atoms with Crippen molar-refractivity contribution in [2.45, 2.75) is 20.3 Å². The van der Waals surface area contributed by atoms with Crippen LogP contribution < -0.4 is 10.2 Å². The highest BCUT2D eigenvalue weighted by Crippen LogP contribution is 2.22. The topological polar surface area (TPSA) is 48.7 Å². The van der Waals surface area contributed by atoms with E-state index in [1.54, 1.807) is 0 Å². The summed E-state index contributed by atoms with van der Waals surface area (Å²) in [5.74, 6) is 1.91. The van der Waals surface area contributed by atoms with Crippen molar-refractivity contribution in [3.05, 3.63) is 18.6 Å². The van der Waals surface area contributed by atoms with Gasteiger partial charge in [-0.15, -0.1) is 0 Å². The van der Waals surface area contributed by atoms with Crippen LogP contribution in [0.5, 0.6) is 0 Å². The number of piperazine rings is 1. The van der Waals surface area contributed by atoms with E-state index in [4.69, 9.17) is 4.98 Å². The zero-order valence-corrected chi connectivity index (χ0v) is 12.9. The predicted molar refractivity (Wildman–Crippen MR) is 86.1 cm³/mol.